The summed E-state index contributed by atoms with van der Waals surface area (Å²) in [5, 5.41) is 2.80. The second-order valence-electron chi connectivity index (χ2n) is 15.1. The van der Waals surface area contributed by atoms with Gasteiger partial charge >= 0.3 is 0 Å². The van der Waals surface area contributed by atoms with Crippen molar-refractivity contribution in [1.82, 2.24) is 0 Å². The molecule has 4 fully saturated rings. The topological polar surface area (TPSA) is 0 Å². The Morgan fingerprint density at radius 1 is 0.561 bits per heavy atom. The average Bonchev–Trinajstić information content (AvgIpc) is 3.39. The third kappa shape index (κ3) is 4.31. The van der Waals surface area contributed by atoms with Crippen molar-refractivity contribution in [2.24, 2.45) is 34.5 Å². The molecule has 0 heteroatoms. The highest BCUT2D eigenvalue weighted by molar-refractivity contribution is 5.83. The molecule has 0 bridgehead atoms. The van der Waals surface area contributed by atoms with Gasteiger partial charge in [0.25, 0.3) is 0 Å². The Kier molecular flexibility index (Phi) is 6.21. The van der Waals surface area contributed by atoms with Crippen LogP contribution in [0.5, 0.6) is 0 Å². The van der Waals surface area contributed by atoms with Gasteiger partial charge in [-0.25, -0.2) is 0 Å². The van der Waals surface area contributed by atoms with E-state index in [9.17, 15) is 0 Å². The van der Waals surface area contributed by atoms with Crippen molar-refractivity contribution in [3.8, 4) is 11.1 Å². The molecule has 8 atom stereocenters. The summed E-state index contributed by atoms with van der Waals surface area (Å²) in [7, 11) is 0. The highest BCUT2D eigenvalue weighted by Crippen LogP contribution is 2.68. The predicted octanol–water partition coefficient (Wildman–Crippen LogP) is 11.4. The van der Waals surface area contributed by atoms with Gasteiger partial charge in [-0.15, -0.1) is 0 Å². The molecule has 0 saturated heterocycles. The van der Waals surface area contributed by atoms with E-state index in [4.69, 9.17) is 0 Å². The van der Waals surface area contributed by atoms with Crippen molar-refractivity contribution in [3.63, 3.8) is 0 Å². The summed E-state index contributed by atoms with van der Waals surface area (Å²) in [4.78, 5) is 0. The van der Waals surface area contributed by atoms with Gasteiger partial charge in [0.2, 0.25) is 0 Å². The Balaban J connectivity index is 0.992. The van der Waals surface area contributed by atoms with Crippen LogP contribution in [-0.4, -0.2) is 0 Å². The van der Waals surface area contributed by atoms with Gasteiger partial charge in [0.05, 0.1) is 0 Å². The summed E-state index contributed by atoms with van der Waals surface area (Å²) in [6.07, 6.45) is 12.9. The van der Waals surface area contributed by atoms with Crippen LogP contribution in [0.3, 0.4) is 0 Å². The molecule has 4 aromatic carbocycles. The van der Waals surface area contributed by atoms with Gasteiger partial charge in [-0.05, 0) is 137 Å². The van der Waals surface area contributed by atoms with Crippen LogP contribution < -0.4 is 0 Å². The molecule has 0 aromatic heterocycles. The molecule has 0 N–H and O–H groups in total. The van der Waals surface area contributed by atoms with E-state index in [-0.39, 0.29) is 0 Å². The second-order valence-corrected chi connectivity index (χ2v) is 15.1. The predicted molar refractivity (Wildman–Crippen MR) is 173 cm³/mol. The molecule has 4 aliphatic rings. The van der Waals surface area contributed by atoms with Crippen LogP contribution in [0.15, 0.2) is 97.1 Å². The molecular formula is C41H46. The normalized spacial score (nSPS) is 36.3. The van der Waals surface area contributed by atoms with Crippen molar-refractivity contribution >= 4 is 10.8 Å². The maximum Gasteiger partial charge on any atom is -0.0154 e. The van der Waals surface area contributed by atoms with Gasteiger partial charge in [-0.1, -0.05) is 111 Å². The number of hydrogen-bond acceptors (Lipinski definition) is 0. The molecule has 0 aliphatic heterocycles. The Labute approximate surface area is 247 Å². The minimum absolute atomic E-state index is 0.537. The fourth-order valence-electron chi connectivity index (χ4n) is 10.9. The highest BCUT2D eigenvalue weighted by Gasteiger charge is 2.59. The van der Waals surface area contributed by atoms with Crippen molar-refractivity contribution in [2.75, 3.05) is 0 Å². The SMILES string of the molecule is C[C@]12CC[C@H]3[C@@H](CC[C@H]4C[C@H](c5ccc6ccccc6c5)CC[C@@]43C)[C@@H]1C[C@H](c1ccc(-c3ccccc3)cc1)C2. The molecule has 0 spiro atoms. The van der Waals surface area contributed by atoms with E-state index >= 15 is 0 Å². The Morgan fingerprint density at radius 2 is 1.29 bits per heavy atom. The first kappa shape index (κ1) is 25.8. The zero-order valence-electron chi connectivity index (χ0n) is 25.1. The van der Waals surface area contributed by atoms with Crippen LogP contribution in [0.25, 0.3) is 21.9 Å². The molecule has 4 saturated carbocycles. The first-order chi connectivity index (χ1) is 20.0. The number of fused-ring (bicyclic) bond motifs is 6. The molecule has 8 rings (SSSR count). The molecule has 0 nitrogen and oxygen atoms in total. The lowest BCUT2D eigenvalue weighted by molar-refractivity contribution is -0.106. The Hall–Kier alpha value is -2.86. The second kappa shape index (κ2) is 9.86. The van der Waals surface area contributed by atoms with Gasteiger partial charge in [0, 0.05) is 0 Å². The fraction of sp³-hybridized carbons (Fsp3) is 0.463. The molecule has 0 amide bonds. The lowest BCUT2D eigenvalue weighted by atomic mass is 9.44. The molecule has 0 radical (unpaired) electrons. The van der Waals surface area contributed by atoms with Crippen LogP contribution in [0, 0.1) is 34.5 Å². The van der Waals surface area contributed by atoms with Crippen LogP contribution in [0.4, 0.5) is 0 Å². The van der Waals surface area contributed by atoms with Gasteiger partial charge in [-0.2, -0.15) is 0 Å². The minimum Gasteiger partial charge on any atom is -0.0622 e. The van der Waals surface area contributed by atoms with Crippen LogP contribution in [-0.2, 0) is 0 Å². The Morgan fingerprint density at radius 3 is 2.12 bits per heavy atom. The molecule has 4 aliphatic carbocycles. The van der Waals surface area contributed by atoms with E-state index in [0.29, 0.717) is 10.8 Å². The van der Waals surface area contributed by atoms with Crippen LogP contribution in [0.2, 0.25) is 0 Å². The lowest BCUT2D eigenvalue weighted by Gasteiger charge is -2.60. The molecule has 4 aromatic rings. The molecule has 41 heavy (non-hydrogen) atoms. The first-order valence-corrected chi connectivity index (χ1v) is 16.6. The van der Waals surface area contributed by atoms with Crippen LogP contribution >= 0.6 is 0 Å². The minimum atomic E-state index is 0.537. The number of rotatable bonds is 3. The summed E-state index contributed by atoms with van der Waals surface area (Å²) >= 11 is 0. The van der Waals surface area contributed by atoms with Gasteiger partial charge in [0.15, 0.2) is 0 Å². The Bertz CT molecular complexity index is 1530. The number of hydrogen-bond donors (Lipinski definition) is 0. The van der Waals surface area contributed by atoms with Crippen molar-refractivity contribution < 1.29 is 0 Å². The quantitative estimate of drug-likeness (QED) is 0.243. The lowest BCUT2D eigenvalue weighted by Crippen LogP contribution is -2.52. The zero-order chi connectivity index (χ0) is 27.6. The van der Waals surface area contributed by atoms with Crippen molar-refractivity contribution in [1.29, 1.82) is 0 Å². The van der Waals surface area contributed by atoms with E-state index in [0.717, 1.165) is 35.5 Å². The fourth-order valence-corrected chi connectivity index (χ4v) is 10.9. The highest BCUT2D eigenvalue weighted by atomic mass is 14.6. The molecule has 0 heterocycles. The van der Waals surface area contributed by atoms with E-state index < -0.39 is 0 Å². The smallest absolute Gasteiger partial charge is 0.0154 e. The summed E-state index contributed by atoms with van der Waals surface area (Å²) in [6, 6.07) is 36.7. The van der Waals surface area contributed by atoms with E-state index in [1.807, 2.05) is 0 Å². The molecular weight excluding hydrogens is 492 g/mol. The maximum atomic E-state index is 2.74. The monoisotopic (exact) mass is 538 g/mol. The summed E-state index contributed by atoms with van der Waals surface area (Å²) in [5.74, 6) is 5.19. The first-order valence-electron chi connectivity index (χ1n) is 16.6. The summed E-state index contributed by atoms with van der Waals surface area (Å²) < 4.78 is 0. The van der Waals surface area contributed by atoms with Crippen molar-refractivity contribution in [3.05, 3.63) is 108 Å². The van der Waals surface area contributed by atoms with E-state index in [1.54, 1.807) is 11.1 Å². The van der Waals surface area contributed by atoms with E-state index in [2.05, 4.69) is 111 Å². The standard InChI is InChI=1S/C41H46/c1-40-22-21-38-37(39(40)26-35(27-40)31-14-12-30(13-15-31)28-8-4-3-5-9-28)19-18-36-25-34(20-23-41(36,38)2)33-17-16-29-10-6-7-11-32(29)24-33/h3-17,24,34-39H,18-23,25-27H2,1-2H3/t34-,35+,36+,37-,38+,39+,40-,41+/m1/s1. The average molecular weight is 539 g/mol. The van der Waals surface area contributed by atoms with Gasteiger partial charge in [0.1, 0.15) is 0 Å². The zero-order valence-corrected chi connectivity index (χ0v) is 25.1. The van der Waals surface area contributed by atoms with Crippen molar-refractivity contribution in [2.45, 2.75) is 83.5 Å². The molecule has 0 unspecified atom stereocenters. The van der Waals surface area contributed by atoms with Gasteiger partial charge in [-0.3, -0.25) is 0 Å². The van der Waals surface area contributed by atoms with E-state index in [1.165, 1.54) is 79.7 Å². The van der Waals surface area contributed by atoms with Gasteiger partial charge < -0.3 is 0 Å². The third-order valence-corrected chi connectivity index (χ3v) is 13.2. The molecule has 210 valence electrons. The number of benzene rings is 4. The maximum absolute atomic E-state index is 2.74. The summed E-state index contributed by atoms with van der Waals surface area (Å²) in [5.41, 5.74) is 6.95. The third-order valence-electron chi connectivity index (χ3n) is 13.2. The summed E-state index contributed by atoms with van der Waals surface area (Å²) in [6.45, 7) is 5.42. The van der Waals surface area contributed by atoms with Crippen LogP contribution in [0.1, 0.15) is 94.6 Å². The largest absolute Gasteiger partial charge is 0.0622 e.